The summed E-state index contributed by atoms with van der Waals surface area (Å²) in [6, 6.07) is 9.98. The molecule has 1 aliphatic carbocycles. The Balaban J connectivity index is 1.65. The van der Waals surface area contributed by atoms with Crippen LogP contribution in [-0.2, 0) is 10.0 Å². The molecule has 0 saturated heterocycles. The second kappa shape index (κ2) is 8.96. The second-order valence-corrected chi connectivity index (χ2v) is 9.81. The highest BCUT2D eigenvalue weighted by Crippen LogP contribution is 2.55. The molecule has 4 rings (SSSR count). The molecule has 2 N–H and O–H groups in total. The van der Waals surface area contributed by atoms with Crippen LogP contribution < -0.4 is 9.46 Å². The summed E-state index contributed by atoms with van der Waals surface area (Å²) >= 11 is 0. The van der Waals surface area contributed by atoms with E-state index >= 15 is 0 Å². The molecule has 2 aliphatic rings. The molecule has 1 aliphatic heterocycles. The zero-order valence-corrected chi connectivity index (χ0v) is 19.1. The smallest absolute Gasteiger partial charge is 0.341 e. The number of carboxylic acid groups (broad SMARTS) is 1. The summed E-state index contributed by atoms with van der Waals surface area (Å²) in [5.74, 6) is -0.198. The number of hydrogen-bond acceptors (Lipinski definition) is 5. The average Bonchev–Trinajstić information content (AvgIpc) is 3.56. The monoisotopic (exact) mass is 456 g/mol. The predicted molar refractivity (Wildman–Crippen MR) is 124 cm³/mol. The number of rotatable bonds is 9. The number of anilines is 1. The molecule has 0 bridgehead atoms. The van der Waals surface area contributed by atoms with Gasteiger partial charge in [-0.2, -0.15) is 0 Å². The lowest BCUT2D eigenvalue weighted by Gasteiger charge is -2.21. The van der Waals surface area contributed by atoms with E-state index in [0.29, 0.717) is 30.6 Å². The highest BCUT2D eigenvalue weighted by Gasteiger charge is 2.45. The van der Waals surface area contributed by atoms with Gasteiger partial charge in [-0.3, -0.25) is 4.72 Å². The van der Waals surface area contributed by atoms with Gasteiger partial charge in [0.15, 0.2) is 0 Å². The zero-order valence-electron chi connectivity index (χ0n) is 18.2. The largest absolute Gasteiger partial charge is 0.492 e. The van der Waals surface area contributed by atoms with Crippen LogP contribution in [0.1, 0.15) is 47.7 Å². The number of benzene rings is 2. The van der Waals surface area contributed by atoms with Crippen molar-refractivity contribution in [3.8, 4) is 5.75 Å². The van der Waals surface area contributed by atoms with Crippen molar-refractivity contribution >= 4 is 27.8 Å². The van der Waals surface area contributed by atoms with Gasteiger partial charge < -0.3 is 14.7 Å². The van der Waals surface area contributed by atoms with Gasteiger partial charge in [-0.05, 0) is 48.7 Å². The summed E-state index contributed by atoms with van der Waals surface area (Å²) in [7, 11) is -4.03. The second-order valence-electron chi connectivity index (χ2n) is 8.16. The first kappa shape index (κ1) is 22.4. The van der Waals surface area contributed by atoms with Crippen molar-refractivity contribution in [2.45, 2.75) is 31.1 Å². The van der Waals surface area contributed by atoms with Crippen molar-refractivity contribution in [3.63, 3.8) is 0 Å². The van der Waals surface area contributed by atoms with Gasteiger partial charge >= 0.3 is 5.97 Å². The van der Waals surface area contributed by atoms with Gasteiger partial charge in [0.2, 0.25) is 0 Å². The number of nitrogens with one attached hydrogen (secondary N) is 1. The molecule has 0 unspecified atom stereocenters. The first-order valence-corrected chi connectivity index (χ1v) is 12.4. The summed E-state index contributed by atoms with van der Waals surface area (Å²) in [5, 5.41) is 9.83. The van der Waals surface area contributed by atoms with Crippen molar-refractivity contribution in [3.05, 3.63) is 59.2 Å². The summed E-state index contributed by atoms with van der Waals surface area (Å²) in [6.45, 7) is 7.14. The Morgan fingerprint density at radius 3 is 2.69 bits per heavy atom. The van der Waals surface area contributed by atoms with Crippen LogP contribution in [0.4, 0.5) is 5.69 Å². The molecule has 1 saturated carbocycles. The fourth-order valence-corrected chi connectivity index (χ4v) is 5.49. The Labute approximate surface area is 188 Å². The molecular weight excluding hydrogens is 428 g/mol. The van der Waals surface area contributed by atoms with Crippen LogP contribution in [0.3, 0.4) is 0 Å². The standard InChI is InChI=1S/C24H28N2O5S/c1-3-26(4-2)13-7-9-16-8-5-6-10-21(16)32(29,30)25-20-12-11-18-19-14-17(19)15-31-23(18)22(20)24(27)28/h5-12,17,19,25H,3-4,13-15H2,1-2H3,(H,27,28)/t17-,19-/m0/s1. The number of nitrogens with zero attached hydrogens (tertiary/aromatic N) is 1. The van der Waals surface area contributed by atoms with E-state index in [1.807, 2.05) is 6.08 Å². The van der Waals surface area contributed by atoms with Crippen LogP contribution in [-0.4, -0.2) is 50.6 Å². The minimum atomic E-state index is -4.03. The van der Waals surface area contributed by atoms with Gasteiger partial charge in [0.25, 0.3) is 10.0 Å². The van der Waals surface area contributed by atoms with Crippen LogP contribution in [0.25, 0.3) is 6.08 Å². The third-order valence-electron chi connectivity index (χ3n) is 6.17. The Morgan fingerprint density at radius 2 is 1.97 bits per heavy atom. The summed E-state index contributed by atoms with van der Waals surface area (Å²) in [6.07, 6.45) is 4.70. The fraction of sp³-hybridized carbons (Fsp3) is 0.375. The number of carboxylic acids is 1. The average molecular weight is 457 g/mol. The van der Waals surface area contributed by atoms with E-state index in [0.717, 1.165) is 25.1 Å². The number of ether oxygens (including phenoxy) is 1. The predicted octanol–water partition coefficient (Wildman–Crippen LogP) is 4.04. The normalized spacial score (nSPS) is 19.3. The number of sulfonamides is 1. The molecule has 0 spiro atoms. The Hall–Kier alpha value is -2.84. The maximum absolute atomic E-state index is 13.3. The molecule has 0 radical (unpaired) electrons. The molecule has 0 amide bonds. The van der Waals surface area contributed by atoms with E-state index in [9.17, 15) is 18.3 Å². The number of aromatic carboxylic acids is 1. The highest BCUT2D eigenvalue weighted by molar-refractivity contribution is 7.92. The summed E-state index contributed by atoms with van der Waals surface area (Å²) in [4.78, 5) is 14.3. The number of fused-ring (bicyclic) bond motifs is 3. The number of likely N-dealkylation sites (N-methyl/N-ethyl adjacent to an activating group) is 1. The van der Waals surface area contributed by atoms with Crippen LogP contribution in [0.2, 0.25) is 0 Å². The molecule has 2 atom stereocenters. The Bertz CT molecular complexity index is 1150. The van der Waals surface area contributed by atoms with Crippen LogP contribution in [0, 0.1) is 5.92 Å². The van der Waals surface area contributed by atoms with E-state index in [-0.39, 0.29) is 21.9 Å². The van der Waals surface area contributed by atoms with Crippen LogP contribution >= 0.6 is 0 Å². The summed E-state index contributed by atoms with van der Waals surface area (Å²) in [5.41, 5.74) is 1.27. The quantitative estimate of drug-likeness (QED) is 0.591. The number of hydrogen-bond donors (Lipinski definition) is 2. The van der Waals surface area contributed by atoms with Gasteiger partial charge in [0.1, 0.15) is 11.3 Å². The fourth-order valence-electron chi connectivity index (χ4n) is 4.22. The molecule has 2 aromatic carbocycles. The lowest BCUT2D eigenvalue weighted by atomic mass is 10.0. The van der Waals surface area contributed by atoms with Gasteiger partial charge in [-0.25, -0.2) is 13.2 Å². The molecule has 0 aromatic heterocycles. The van der Waals surface area contributed by atoms with E-state index < -0.39 is 16.0 Å². The molecule has 32 heavy (non-hydrogen) atoms. The Morgan fingerprint density at radius 1 is 1.22 bits per heavy atom. The van der Waals surface area contributed by atoms with Crippen molar-refractivity contribution in [1.29, 1.82) is 0 Å². The van der Waals surface area contributed by atoms with Crippen molar-refractivity contribution in [1.82, 2.24) is 4.90 Å². The Kier molecular flexibility index (Phi) is 6.26. The topological polar surface area (TPSA) is 95.9 Å². The molecule has 8 heteroatoms. The molecule has 7 nitrogen and oxygen atoms in total. The van der Waals surface area contributed by atoms with Crippen LogP contribution in [0.15, 0.2) is 47.4 Å². The first-order chi connectivity index (χ1) is 15.4. The van der Waals surface area contributed by atoms with E-state index in [2.05, 4.69) is 23.5 Å². The van der Waals surface area contributed by atoms with Crippen molar-refractivity contribution in [2.75, 3.05) is 31.0 Å². The van der Waals surface area contributed by atoms with E-state index in [1.54, 1.807) is 30.3 Å². The minimum absolute atomic E-state index is 0.0114. The van der Waals surface area contributed by atoms with Crippen LogP contribution in [0.5, 0.6) is 5.75 Å². The van der Waals surface area contributed by atoms with Gasteiger partial charge in [0.05, 0.1) is 17.2 Å². The zero-order chi connectivity index (χ0) is 22.9. The molecular formula is C24H28N2O5S. The molecule has 1 fully saturated rings. The summed E-state index contributed by atoms with van der Waals surface area (Å²) < 4.78 is 34.7. The third-order valence-corrected chi connectivity index (χ3v) is 7.61. The van der Waals surface area contributed by atoms with Gasteiger partial charge in [-0.15, -0.1) is 0 Å². The number of carbonyl (C=O) groups is 1. The third kappa shape index (κ3) is 4.38. The lowest BCUT2D eigenvalue weighted by Crippen LogP contribution is -2.22. The highest BCUT2D eigenvalue weighted by atomic mass is 32.2. The maximum Gasteiger partial charge on any atom is 0.341 e. The molecule has 2 aromatic rings. The minimum Gasteiger partial charge on any atom is -0.492 e. The molecule has 170 valence electrons. The van der Waals surface area contributed by atoms with Gasteiger partial charge in [-0.1, -0.05) is 50.3 Å². The van der Waals surface area contributed by atoms with Gasteiger partial charge in [0, 0.05) is 12.5 Å². The lowest BCUT2D eigenvalue weighted by molar-refractivity contribution is 0.0692. The van der Waals surface area contributed by atoms with Crippen molar-refractivity contribution < 1.29 is 23.1 Å². The molecule has 1 heterocycles. The van der Waals surface area contributed by atoms with E-state index in [4.69, 9.17) is 4.74 Å². The van der Waals surface area contributed by atoms with Crippen molar-refractivity contribution in [2.24, 2.45) is 5.92 Å². The van der Waals surface area contributed by atoms with E-state index in [1.165, 1.54) is 12.1 Å². The maximum atomic E-state index is 13.3. The first-order valence-electron chi connectivity index (χ1n) is 10.9. The SMILES string of the molecule is CCN(CC)CC=Cc1ccccc1S(=O)(=O)Nc1ccc2c(c1C(=O)O)OC[C@@H]1C[C@H]21.